The lowest BCUT2D eigenvalue weighted by molar-refractivity contribution is -0.146. The van der Waals surface area contributed by atoms with E-state index in [0.29, 0.717) is 17.7 Å². The predicted molar refractivity (Wildman–Crippen MR) is 125 cm³/mol. The van der Waals surface area contributed by atoms with E-state index in [1.54, 1.807) is 19.2 Å². The molecule has 1 fully saturated rings. The van der Waals surface area contributed by atoms with Crippen molar-refractivity contribution in [2.45, 2.75) is 19.4 Å². The number of nitrogens with one attached hydrogen (secondary N) is 2. The molecule has 8 nitrogen and oxygen atoms in total. The van der Waals surface area contributed by atoms with Crippen LogP contribution in [0.4, 0.5) is 5.82 Å². The molecule has 1 aliphatic heterocycles. The van der Waals surface area contributed by atoms with Crippen LogP contribution in [0.3, 0.4) is 0 Å². The smallest absolute Gasteiger partial charge is 0.311 e. The Balaban J connectivity index is 1.68. The predicted octanol–water partition coefficient (Wildman–Crippen LogP) is 1.57. The maximum absolute atomic E-state index is 12.8. The molecule has 2 aromatic rings. The number of nitrogens with zero attached hydrogens (tertiary/aromatic N) is 2. The summed E-state index contributed by atoms with van der Waals surface area (Å²) in [7, 11) is 1.35. The molecule has 1 aromatic heterocycles. The Kier molecular flexibility index (Phi) is 7.83. The Morgan fingerprint density at radius 3 is 2.62 bits per heavy atom. The number of hydrogen-bond acceptors (Lipinski definition) is 7. The first kappa shape index (κ1) is 23.3. The fraction of sp³-hybridized carbons (Fsp3) is 0.375. The zero-order valence-corrected chi connectivity index (χ0v) is 18.6. The van der Waals surface area contributed by atoms with E-state index in [9.17, 15) is 9.59 Å². The lowest BCUT2D eigenvalue weighted by Crippen LogP contribution is -2.44. The fourth-order valence-corrected chi connectivity index (χ4v) is 3.76. The summed E-state index contributed by atoms with van der Waals surface area (Å²) in [5.41, 5.74) is 8.41. The molecule has 0 radical (unpaired) electrons. The average molecular weight is 438 g/mol. The Morgan fingerprint density at radius 1 is 1.25 bits per heavy atom. The zero-order chi connectivity index (χ0) is 23.1. The second-order valence-corrected chi connectivity index (χ2v) is 7.96. The zero-order valence-electron chi connectivity index (χ0n) is 18.6. The largest absolute Gasteiger partial charge is 0.469 e. The van der Waals surface area contributed by atoms with Crippen molar-refractivity contribution >= 4 is 23.4 Å². The number of amides is 1. The Hall–Kier alpha value is -3.39. The number of nitrogens with two attached hydrogens (primary N) is 1. The number of benzene rings is 1. The van der Waals surface area contributed by atoms with Crippen LogP contribution in [-0.2, 0) is 16.0 Å². The number of methoxy groups -OCH3 is 1. The monoisotopic (exact) mass is 437 g/mol. The van der Waals surface area contributed by atoms with E-state index < -0.39 is 12.0 Å². The lowest BCUT2D eigenvalue weighted by Gasteiger charge is -2.28. The van der Waals surface area contributed by atoms with Crippen LogP contribution < -0.4 is 21.3 Å². The second kappa shape index (κ2) is 10.8. The van der Waals surface area contributed by atoms with Gasteiger partial charge < -0.3 is 26.0 Å². The molecule has 1 saturated heterocycles. The number of pyridine rings is 1. The molecule has 0 saturated carbocycles. The van der Waals surface area contributed by atoms with E-state index >= 15 is 0 Å². The molecule has 170 valence electrons. The van der Waals surface area contributed by atoms with Gasteiger partial charge in [0, 0.05) is 44.1 Å². The number of carbonyl (C=O) groups is 2. The number of carbonyl (C=O) groups excluding carboxylic acids is 2. The van der Waals surface area contributed by atoms with Gasteiger partial charge in [0.25, 0.3) is 5.91 Å². The molecule has 1 aliphatic rings. The summed E-state index contributed by atoms with van der Waals surface area (Å²) in [6.07, 6.45) is 1.97. The third-order valence-electron chi connectivity index (χ3n) is 5.67. The highest BCUT2D eigenvalue weighted by atomic mass is 16.5. The van der Waals surface area contributed by atoms with E-state index in [-0.39, 0.29) is 11.9 Å². The Bertz CT molecular complexity index is 954. The first-order chi connectivity index (χ1) is 15.4. The van der Waals surface area contributed by atoms with Crippen LogP contribution in [-0.4, -0.2) is 56.2 Å². The molecule has 2 atom stereocenters. The van der Waals surface area contributed by atoms with E-state index in [0.717, 1.165) is 43.1 Å². The van der Waals surface area contributed by atoms with E-state index in [4.69, 9.17) is 10.5 Å². The number of rotatable bonds is 8. The quantitative estimate of drug-likeness (QED) is 0.538. The Morgan fingerprint density at radius 2 is 2.00 bits per heavy atom. The van der Waals surface area contributed by atoms with Gasteiger partial charge in [-0.05, 0) is 42.7 Å². The van der Waals surface area contributed by atoms with Crippen molar-refractivity contribution in [3.63, 3.8) is 0 Å². The van der Waals surface area contributed by atoms with E-state index in [1.807, 2.05) is 30.3 Å². The number of anilines is 1. The van der Waals surface area contributed by atoms with Crippen molar-refractivity contribution in [3.05, 3.63) is 65.9 Å². The van der Waals surface area contributed by atoms with Crippen LogP contribution in [0.15, 0.2) is 49.2 Å². The van der Waals surface area contributed by atoms with Gasteiger partial charge in [-0.3, -0.25) is 9.59 Å². The van der Waals surface area contributed by atoms with Crippen molar-refractivity contribution in [1.29, 1.82) is 0 Å². The molecule has 2 unspecified atom stereocenters. The van der Waals surface area contributed by atoms with Crippen LogP contribution in [0.2, 0.25) is 0 Å². The van der Waals surface area contributed by atoms with Crippen molar-refractivity contribution in [2.24, 2.45) is 11.7 Å². The molecule has 4 N–H and O–H groups in total. The molecule has 1 aromatic carbocycles. The van der Waals surface area contributed by atoms with Crippen LogP contribution in [0.25, 0.3) is 5.70 Å². The summed E-state index contributed by atoms with van der Waals surface area (Å²) in [4.78, 5) is 31.9. The van der Waals surface area contributed by atoms with Gasteiger partial charge in [-0.2, -0.15) is 0 Å². The van der Waals surface area contributed by atoms with E-state index in [2.05, 4.69) is 27.1 Å². The maximum Gasteiger partial charge on any atom is 0.311 e. The standard InChI is InChI=1S/C24H31N5O3/c1-16(25)19-6-4-5-18(13-19)14-21(24(31)32-3)17(2)28-23(30)20-7-8-22(27-15-20)29-11-9-26-10-12-29/h4-8,13,15,17,21,26H,1,9-12,14,25H2,2-3H3,(H,28,30). The number of ether oxygens (including phenoxy) is 1. The highest BCUT2D eigenvalue weighted by Crippen LogP contribution is 2.18. The average Bonchev–Trinajstić information content (AvgIpc) is 2.82. The minimum Gasteiger partial charge on any atom is -0.469 e. The minimum absolute atomic E-state index is 0.283. The highest BCUT2D eigenvalue weighted by molar-refractivity contribution is 5.94. The molecule has 2 heterocycles. The van der Waals surface area contributed by atoms with E-state index in [1.165, 1.54) is 7.11 Å². The van der Waals surface area contributed by atoms with Gasteiger partial charge in [0.05, 0.1) is 18.6 Å². The molecule has 0 spiro atoms. The first-order valence-electron chi connectivity index (χ1n) is 10.7. The molecule has 8 heteroatoms. The van der Waals surface area contributed by atoms with Gasteiger partial charge in [0.1, 0.15) is 5.82 Å². The summed E-state index contributed by atoms with van der Waals surface area (Å²) in [6.45, 7) is 9.16. The van der Waals surface area contributed by atoms with Gasteiger partial charge in [-0.25, -0.2) is 4.98 Å². The minimum atomic E-state index is -0.557. The third-order valence-corrected chi connectivity index (χ3v) is 5.67. The molecule has 1 amide bonds. The highest BCUT2D eigenvalue weighted by Gasteiger charge is 2.28. The molecule has 3 rings (SSSR count). The molecular weight excluding hydrogens is 406 g/mol. The lowest BCUT2D eigenvalue weighted by atomic mass is 9.92. The van der Waals surface area contributed by atoms with Gasteiger partial charge in [-0.15, -0.1) is 0 Å². The number of esters is 1. The summed E-state index contributed by atoms with van der Waals surface area (Å²) < 4.78 is 5.00. The van der Waals surface area contributed by atoms with Crippen LogP contribution in [0.5, 0.6) is 0 Å². The fourth-order valence-electron chi connectivity index (χ4n) is 3.76. The van der Waals surface area contributed by atoms with Gasteiger partial charge in [0.15, 0.2) is 0 Å². The summed E-state index contributed by atoms with van der Waals surface area (Å²) in [5, 5.41) is 6.23. The third kappa shape index (κ3) is 5.85. The van der Waals surface area contributed by atoms with Crippen LogP contribution in [0.1, 0.15) is 28.4 Å². The molecule has 0 bridgehead atoms. The van der Waals surface area contributed by atoms with Crippen LogP contribution >= 0.6 is 0 Å². The van der Waals surface area contributed by atoms with Crippen molar-refractivity contribution in [2.75, 3.05) is 38.2 Å². The molecule has 32 heavy (non-hydrogen) atoms. The Labute approximate surface area is 188 Å². The molecule has 0 aliphatic carbocycles. The number of hydrogen-bond donors (Lipinski definition) is 3. The summed E-state index contributed by atoms with van der Waals surface area (Å²) in [6, 6.07) is 10.7. The molecular formula is C24H31N5O3. The SMILES string of the molecule is C=C(N)c1cccc(CC(C(=O)OC)C(C)NC(=O)c2ccc(N3CCNCC3)nc2)c1. The van der Waals surface area contributed by atoms with Crippen molar-refractivity contribution < 1.29 is 14.3 Å². The van der Waals surface area contributed by atoms with Crippen molar-refractivity contribution in [3.8, 4) is 0 Å². The topological polar surface area (TPSA) is 110 Å². The number of piperazine rings is 1. The van der Waals surface area contributed by atoms with Gasteiger partial charge in [-0.1, -0.05) is 24.8 Å². The van der Waals surface area contributed by atoms with Crippen LogP contribution in [0, 0.1) is 5.92 Å². The number of aromatic nitrogens is 1. The summed E-state index contributed by atoms with van der Waals surface area (Å²) >= 11 is 0. The first-order valence-corrected chi connectivity index (χ1v) is 10.7. The van der Waals surface area contributed by atoms with Gasteiger partial charge >= 0.3 is 5.97 Å². The summed E-state index contributed by atoms with van der Waals surface area (Å²) in [5.74, 6) is -0.375. The maximum atomic E-state index is 12.8. The normalized spacial score (nSPS) is 15.5. The van der Waals surface area contributed by atoms with Crippen molar-refractivity contribution in [1.82, 2.24) is 15.6 Å². The van der Waals surface area contributed by atoms with Gasteiger partial charge in [0.2, 0.25) is 0 Å². The second-order valence-electron chi connectivity index (χ2n) is 7.96.